The van der Waals surface area contributed by atoms with Gasteiger partial charge in [0.1, 0.15) is 0 Å². The van der Waals surface area contributed by atoms with Crippen LogP contribution < -0.4 is 0 Å². The van der Waals surface area contributed by atoms with Crippen molar-refractivity contribution in [1.29, 1.82) is 0 Å². The summed E-state index contributed by atoms with van der Waals surface area (Å²) in [6.07, 6.45) is 0. The zero-order valence-electron chi connectivity index (χ0n) is 10.6. The molecule has 98 valence electrons. The van der Waals surface area contributed by atoms with Gasteiger partial charge in [-0.2, -0.15) is 5.11 Å². The number of benzene rings is 3. The Morgan fingerprint density at radius 2 is 1.35 bits per heavy atom. The maximum absolute atomic E-state index is 9.85. The summed E-state index contributed by atoms with van der Waals surface area (Å²) < 4.78 is 0. The predicted molar refractivity (Wildman–Crippen MR) is 77.9 cm³/mol. The summed E-state index contributed by atoms with van der Waals surface area (Å²) in [6, 6.07) is 17.9. The first kappa shape index (κ1) is 12.2. The molecule has 0 saturated heterocycles. The Kier molecular flexibility index (Phi) is 3.05. The molecule has 20 heavy (non-hydrogen) atoms. The first-order chi connectivity index (χ1) is 9.75. The molecular weight excluding hydrogens is 252 g/mol. The smallest absolute Gasteiger partial charge is 0.165 e. The van der Waals surface area contributed by atoms with Gasteiger partial charge in [-0.15, -0.1) is 5.11 Å². The van der Waals surface area contributed by atoms with Crippen molar-refractivity contribution < 1.29 is 10.2 Å². The fourth-order valence-corrected chi connectivity index (χ4v) is 2.02. The van der Waals surface area contributed by atoms with E-state index < -0.39 is 0 Å². The lowest BCUT2D eigenvalue weighted by Crippen LogP contribution is -1.76. The Balaban J connectivity index is 2.13. The van der Waals surface area contributed by atoms with E-state index in [9.17, 15) is 10.2 Å². The topological polar surface area (TPSA) is 65.2 Å². The van der Waals surface area contributed by atoms with Crippen molar-refractivity contribution in [1.82, 2.24) is 0 Å². The largest absolute Gasteiger partial charge is 0.504 e. The van der Waals surface area contributed by atoms with E-state index in [0.717, 1.165) is 11.1 Å². The number of azo groups is 1. The summed E-state index contributed by atoms with van der Waals surface area (Å²) in [5, 5.41) is 29.2. The third kappa shape index (κ3) is 2.19. The van der Waals surface area contributed by atoms with Crippen LogP contribution in [0.15, 0.2) is 70.9 Å². The molecule has 2 N–H and O–H groups in total. The lowest BCUT2D eigenvalue weighted by Gasteiger charge is -2.05. The Bertz CT molecular complexity index is 783. The van der Waals surface area contributed by atoms with E-state index in [2.05, 4.69) is 10.2 Å². The number of rotatable bonds is 2. The molecule has 4 heteroatoms. The second-order valence-electron chi connectivity index (χ2n) is 4.34. The van der Waals surface area contributed by atoms with Crippen LogP contribution in [0.3, 0.4) is 0 Å². The highest BCUT2D eigenvalue weighted by Gasteiger charge is 2.09. The molecule has 0 amide bonds. The highest BCUT2D eigenvalue weighted by Crippen LogP contribution is 2.40. The van der Waals surface area contributed by atoms with Gasteiger partial charge in [-0.1, -0.05) is 42.5 Å². The van der Waals surface area contributed by atoms with Gasteiger partial charge < -0.3 is 10.2 Å². The van der Waals surface area contributed by atoms with E-state index in [0.29, 0.717) is 11.1 Å². The summed E-state index contributed by atoms with van der Waals surface area (Å²) in [5.41, 5.74) is 1.24. The fraction of sp³-hybridized carbons (Fsp3) is 0. The Morgan fingerprint density at radius 3 is 2.10 bits per heavy atom. The van der Waals surface area contributed by atoms with Gasteiger partial charge in [0.05, 0.1) is 11.4 Å². The van der Waals surface area contributed by atoms with Gasteiger partial charge in [0, 0.05) is 16.8 Å². The van der Waals surface area contributed by atoms with Crippen molar-refractivity contribution in [2.45, 2.75) is 0 Å². The molecule has 0 saturated carbocycles. The molecule has 0 aliphatic carbocycles. The number of hydrogen-bond donors (Lipinski definition) is 2. The quantitative estimate of drug-likeness (QED) is 0.522. The van der Waals surface area contributed by atoms with Crippen LogP contribution in [-0.4, -0.2) is 10.2 Å². The average molecular weight is 264 g/mol. The van der Waals surface area contributed by atoms with Crippen molar-refractivity contribution in [2.75, 3.05) is 0 Å². The number of aromatic hydroxyl groups is 2. The molecule has 0 radical (unpaired) electrons. The van der Waals surface area contributed by atoms with Gasteiger partial charge >= 0.3 is 0 Å². The summed E-state index contributed by atoms with van der Waals surface area (Å²) in [5.74, 6) is -0.343. The van der Waals surface area contributed by atoms with Gasteiger partial charge in [0.2, 0.25) is 0 Å². The van der Waals surface area contributed by atoms with Crippen molar-refractivity contribution in [3.05, 3.63) is 60.7 Å². The molecule has 0 spiro atoms. The highest BCUT2D eigenvalue weighted by molar-refractivity contribution is 5.98. The molecule has 0 unspecified atom stereocenters. The van der Waals surface area contributed by atoms with Crippen LogP contribution in [0.4, 0.5) is 11.4 Å². The molecule has 3 rings (SSSR count). The lowest BCUT2D eigenvalue weighted by molar-refractivity contribution is 0.408. The summed E-state index contributed by atoms with van der Waals surface area (Å²) in [4.78, 5) is 0. The van der Waals surface area contributed by atoms with Gasteiger partial charge in [0.25, 0.3) is 0 Å². The standard InChI is InChI=1S/C16H12N2O2/c19-15-10-14(18-17-11-6-2-1-3-7-11)12-8-4-5-9-13(12)16(15)20/h1-10,19-20H. The molecule has 4 nitrogen and oxygen atoms in total. The van der Waals surface area contributed by atoms with E-state index in [1.807, 2.05) is 42.5 Å². The van der Waals surface area contributed by atoms with E-state index >= 15 is 0 Å². The van der Waals surface area contributed by atoms with Crippen LogP contribution in [0.1, 0.15) is 0 Å². The Morgan fingerprint density at radius 1 is 0.700 bits per heavy atom. The highest BCUT2D eigenvalue weighted by atomic mass is 16.3. The van der Waals surface area contributed by atoms with Crippen molar-refractivity contribution in [3.8, 4) is 11.5 Å². The van der Waals surface area contributed by atoms with Crippen LogP contribution in [0.2, 0.25) is 0 Å². The minimum atomic E-state index is -0.203. The van der Waals surface area contributed by atoms with Crippen LogP contribution >= 0.6 is 0 Å². The van der Waals surface area contributed by atoms with Crippen LogP contribution in [0.25, 0.3) is 10.8 Å². The van der Waals surface area contributed by atoms with Gasteiger partial charge in [0.15, 0.2) is 11.5 Å². The lowest BCUT2D eigenvalue weighted by atomic mass is 10.1. The zero-order valence-corrected chi connectivity index (χ0v) is 10.6. The molecular formula is C16H12N2O2. The van der Waals surface area contributed by atoms with Gasteiger partial charge in [-0.25, -0.2) is 0 Å². The molecule has 0 aliphatic heterocycles. The minimum absolute atomic E-state index is 0.140. The van der Waals surface area contributed by atoms with Gasteiger partial charge in [-0.3, -0.25) is 0 Å². The molecule has 0 aliphatic rings. The zero-order chi connectivity index (χ0) is 13.9. The SMILES string of the molecule is Oc1cc(N=Nc2ccccc2)c2ccccc2c1O. The number of hydrogen-bond acceptors (Lipinski definition) is 4. The van der Waals surface area contributed by atoms with E-state index in [-0.39, 0.29) is 11.5 Å². The van der Waals surface area contributed by atoms with E-state index in [4.69, 9.17) is 0 Å². The molecule has 3 aromatic carbocycles. The third-order valence-corrected chi connectivity index (χ3v) is 3.00. The molecule has 3 aromatic rings. The fourth-order valence-electron chi connectivity index (χ4n) is 2.02. The first-order valence-corrected chi connectivity index (χ1v) is 6.16. The Hall–Kier alpha value is -2.88. The number of fused-ring (bicyclic) bond motifs is 1. The summed E-state index contributed by atoms with van der Waals surface area (Å²) in [7, 11) is 0. The molecule has 0 heterocycles. The second kappa shape index (κ2) is 5.01. The van der Waals surface area contributed by atoms with Crippen molar-refractivity contribution in [3.63, 3.8) is 0 Å². The van der Waals surface area contributed by atoms with Crippen molar-refractivity contribution >= 4 is 22.1 Å². The van der Waals surface area contributed by atoms with Crippen LogP contribution in [0, 0.1) is 0 Å². The van der Waals surface area contributed by atoms with E-state index in [1.54, 1.807) is 12.1 Å². The summed E-state index contributed by atoms with van der Waals surface area (Å²) in [6.45, 7) is 0. The van der Waals surface area contributed by atoms with Crippen LogP contribution in [-0.2, 0) is 0 Å². The van der Waals surface area contributed by atoms with Crippen molar-refractivity contribution in [2.24, 2.45) is 10.2 Å². The van der Waals surface area contributed by atoms with Gasteiger partial charge in [-0.05, 0) is 12.1 Å². The number of phenolic OH excluding ortho intramolecular Hbond substituents is 2. The first-order valence-electron chi connectivity index (χ1n) is 6.16. The second-order valence-corrected chi connectivity index (χ2v) is 4.34. The Labute approximate surface area is 115 Å². The minimum Gasteiger partial charge on any atom is -0.504 e. The maximum Gasteiger partial charge on any atom is 0.165 e. The molecule has 0 fully saturated rings. The molecule has 0 aromatic heterocycles. The molecule has 0 atom stereocenters. The third-order valence-electron chi connectivity index (χ3n) is 3.00. The normalized spacial score (nSPS) is 11.2. The maximum atomic E-state index is 9.85. The summed E-state index contributed by atoms with van der Waals surface area (Å²) >= 11 is 0. The van der Waals surface area contributed by atoms with E-state index in [1.165, 1.54) is 6.07 Å². The predicted octanol–water partition coefficient (Wildman–Crippen LogP) is 4.67. The number of nitrogens with zero attached hydrogens (tertiary/aromatic N) is 2. The average Bonchev–Trinajstić information content (AvgIpc) is 2.50. The number of phenols is 2. The van der Waals surface area contributed by atoms with Crippen LogP contribution in [0.5, 0.6) is 11.5 Å². The molecule has 0 bridgehead atoms. The monoisotopic (exact) mass is 264 g/mol.